The number of alkyl halides is 3. The molecule has 1 saturated heterocycles. The third kappa shape index (κ3) is 4.36. The van der Waals surface area contributed by atoms with Crippen molar-refractivity contribution in [2.75, 3.05) is 31.1 Å². The van der Waals surface area contributed by atoms with Gasteiger partial charge in [0.1, 0.15) is 5.75 Å². The lowest BCUT2D eigenvalue weighted by Gasteiger charge is -2.35. The monoisotopic (exact) mass is 378 g/mol. The van der Waals surface area contributed by atoms with Gasteiger partial charge < -0.3 is 14.5 Å². The lowest BCUT2D eigenvalue weighted by atomic mass is 10.2. The van der Waals surface area contributed by atoms with Gasteiger partial charge in [0.25, 0.3) is 5.88 Å². The Balaban J connectivity index is 1.73. The molecule has 0 atom stereocenters. The van der Waals surface area contributed by atoms with Gasteiger partial charge in [-0.2, -0.15) is 13.2 Å². The molecule has 1 amide bonds. The number of carbonyl (C=O) groups excluding carboxylic acids is 1. The van der Waals surface area contributed by atoms with Crippen LogP contribution in [-0.4, -0.2) is 47.0 Å². The molecule has 0 spiro atoms. The third-order valence-electron chi connectivity index (χ3n) is 4.11. The maximum Gasteiger partial charge on any atom is 0.416 e. The Morgan fingerprint density at radius 2 is 1.70 bits per heavy atom. The second-order valence-corrected chi connectivity index (χ2v) is 5.83. The van der Waals surface area contributed by atoms with Crippen LogP contribution in [-0.2, 0) is 11.0 Å². The van der Waals surface area contributed by atoms with Crippen molar-refractivity contribution in [2.24, 2.45) is 0 Å². The van der Waals surface area contributed by atoms with Crippen LogP contribution in [0.4, 0.5) is 19.0 Å². The summed E-state index contributed by atoms with van der Waals surface area (Å²) in [5.74, 6) is 0.768. The van der Waals surface area contributed by atoms with Crippen molar-refractivity contribution >= 4 is 11.7 Å². The Kier molecular flexibility index (Phi) is 5.29. The molecule has 1 aliphatic rings. The number of piperazine rings is 1. The van der Waals surface area contributed by atoms with Crippen LogP contribution in [0, 0.1) is 0 Å². The van der Waals surface area contributed by atoms with Crippen LogP contribution in [0.2, 0.25) is 0 Å². The third-order valence-corrected chi connectivity index (χ3v) is 4.11. The number of aromatic nitrogens is 2. The Bertz CT molecular complexity index is 816. The lowest BCUT2D eigenvalue weighted by molar-refractivity contribution is -0.137. The Morgan fingerprint density at radius 3 is 2.30 bits per heavy atom. The van der Waals surface area contributed by atoms with E-state index in [2.05, 4.69) is 16.5 Å². The molecule has 142 valence electrons. The SMILES string of the molecule is C=CC(=O)N1CCN(c2nccnc2Oc2ccc(C(F)(F)F)cc2)CC1. The summed E-state index contributed by atoms with van der Waals surface area (Å²) >= 11 is 0. The van der Waals surface area contributed by atoms with Gasteiger partial charge in [-0.05, 0) is 30.3 Å². The summed E-state index contributed by atoms with van der Waals surface area (Å²) in [5, 5.41) is 0. The predicted molar refractivity (Wildman–Crippen MR) is 92.5 cm³/mol. The number of carbonyl (C=O) groups is 1. The minimum Gasteiger partial charge on any atom is -0.436 e. The first-order valence-electron chi connectivity index (χ1n) is 8.21. The maximum atomic E-state index is 12.7. The maximum absolute atomic E-state index is 12.7. The number of anilines is 1. The van der Waals surface area contributed by atoms with Crippen LogP contribution in [0.5, 0.6) is 11.6 Å². The highest BCUT2D eigenvalue weighted by molar-refractivity contribution is 5.87. The highest BCUT2D eigenvalue weighted by Crippen LogP contribution is 2.33. The summed E-state index contributed by atoms with van der Waals surface area (Å²) in [5.41, 5.74) is -0.753. The van der Waals surface area contributed by atoms with Crippen LogP contribution < -0.4 is 9.64 Å². The zero-order valence-electron chi connectivity index (χ0n) is 14.3. The molecule has 0 bridgehead atoms. The van der Waals surface area contributed by atoms with Crippen molar-refractivity contribution in [3.05, 3.63) is 54.9 Å². The van der Waals surface area contributed by atoms with Crippen LogP contribution in [0.1, 0.15) is 5.56 Å². The first kappa shape index (κ1) is 18.7. The topological polar surface area (TPSA) is 58.6 Å². The van der Waals surface area contributed by atoms with E-state index >= 15 is 0 Å². The second kappa shape index (κ2) is 7.65. The molecule has 2 heterocycles. The van der Waals surface area contributed by atoms with Gasteiger partial charge in [0.2, 0.25) is 5.91 Å². The normalized spacial score (nSPS) is 14.8. The largest absolute Gasteiger partial charge is 0.436 e. The average molecular weight is 378 g/mol. The zero-order chi connectivity index (χ0) is 19.4. The summed E-state index contributed by atoms with van der Waals surface area (Å²) in [7, 11) is 0. The number of hydrogen-bond acceptors (Lipinski definition) is 5. The molecule has 0 saturated carbocycles. The summed E-state index contributed by atoms with van der Waals surface area (Å²) in [6.45, 7) is 5.54. The molecule has 0 radical (unpaired) electrons. The Morgan fingerprint density at radius 1 is 1.07 bits per heavy atom. The van der Waals surface area contributed by atoms with E-state index in [1.165, 1.54) is 30.6 Å². The van der Waals surface area contributed by atoms with Gasteiger partial charge in [-0.1, -0.05) is 6.58 Å². The number of rotatable bonds is 4. The number of hydrogen-bond donors (Lipinski definition) is 0. The molecule has 0 N–H and O–H groups in total. The van der Waals surface area contributed by atoms with Crippen LogP contribution in [0.15, 0.2) is 49.3 Å². The van der Waals surface area contributed by atoms with Crippen LogP contribution >= 0.6 is 0 Å². The molecule has 0 aliphatic carbocycles. The van der Waals surface area contributed by atoms with Gasteiger partial charge in [0.05, 0.1) is 5.56 Å². The summed E-state index contributed by atoms with van der Waals surface area (Å²) < 4.78 is 43.6. The first-order chi connectivity index (χ1) is 12.9. The van der Waals surface area contributed by atoms with E-state index in [4.69, 9.17) is 4.74 Å². The minimum atomic E-state index is -4.40. The van der Waals surface area contributed by atoms with Gasteiger partial charge in [-0.3, -0.25) is 4.79 Å². The molecule has 2 aromatic rings. The molecule has 1 aromatic heterocycles. The average Bonchev–Trinajstić information content (AvgIpc) is 2.68. The molecule has 1 aromatic carbocycles. The van der Waals surface area contributed by atoms with E-state index in [1.807, 2.05) is 4.90 Å². The Hall–Kier alpha value is -3.10. The van der Waals surface area contributed by atoms with Crippen LogP contribution in [0.25, 0.3) is 0 Å². The van der Waals surface area contributed by atoms with Crippen LogP contribution in [0.3, 0.4) is 0 Å². The molecule has 9 heteroatoms. The fourth-order valence-corrected chi connectivity index (χ4v) is 2.70. The van der Waals surface area contributed by atoms with E-state index in [9.17, 15) is 18.0 Å². The number of halogens is 3. The van der Waals surface area contributed by atoms with E-state index in [0.717, 1.165) is 12.1 Å². The van der Waals surface area contributed by atoms with Gasteiger partial charge in [-0.25, -0.2) is 9.97 Å². The fourth-order valence-electron chi connectivity index (χ4n) is 2.70. The lowest BCUT2D eigenvalue weighted by Crippen LogP contribution is -2.48. The van der Waals surface area contributed by atoms with Crippen molar-refractivity contribution in [1.82, 2.24) is 14.9 Å². The molecular formula is C18H17F3N4O2. The van der Waals surface area contributed by atoms with Crippen molar-refractivity contribution in [2.45, 2.75) is 6.18 Å². The molecule has 3 rings (SSSR count). The van der Waals surface area contributed by atoms with Gasteiger partial charge in [-0.15, -0.1) is 0 Å². The number of nitrogens with zero attached hydrogens (tertiary/aromatic N) is 4. The van der Waals surface area contributed by atoms with Crippen molar-refractivity contribution < 1.29 is 22.7 Å². The van der Waals surface area contributed by atoms with E-state index < -0.39 is 11.7 Å². The molecular weight excluding hydrogens is 361 g/mol. The van der Waals surface area contributed by atoms with Gasteiger partial charge >= 0.3 is 6.18 Å². The highest BCUT2D eigenvalue weighted by atomic mass is 19.4. The summed E-state index contributed by atoms with van der Waals surface area (Å²) in [6, 6.07) is 4.38. The second-order valence-electron chi connectivity index (χ2n) is 5.83. The van der Waals surface area contributed by atoms with Gasteiger partial charge in [0.15, 0.2) is 5.82 Å². The fraction of sp³-hybridized carbons (Fsp3) is 0.278. The van der Waals surface area contributed by atoms with Crippen molar-refractivity contribution in [1.29, 1.82) is 0 Å². The summed E-state index contributed by atoms with van der Waals surface area (Å²) in [6.07, 6.45) is -0.174. The smallest absolute Gasteiger partial charge is 0.416 e. The molecule has 1 aliphatic heterocycles. The minimum absolute atomic E-state index is 0.130. The molecule has 6 nitrogen and oxygen atoms in total. The number of amides is 1. The quantitative estimate of drug-likeness (QED) is 0.765. The van der Waals surface area contributed by atoms with Crippen molar-refractivity contribution in [3.8, 4) is 11.6 Å². The van der Waals surface area contributed by atoms with E-state index in [0.29, 0.717) is 32.0 Å². The van der Waals surface area contributed by atoms with Crippen molar-refractivity contribution in [3.63, 3.8) is 0 Å². The molecule has 27 heavy (non-hydrogen) atoms. The first-order valence-corrected chi connectivity index (χ1v) is 8.21. The zero-order valence-corrected chi connectivity index (χ0v) is 14.3. The van der Waals surface area contributed by atoms with E-state index in [1.54, 1.807) is 4.90 Å². The highest BCUT2D eigenvalue weighted by Gasteiger charge is 2.30. The predicted octanol–water partition coefficient (Wildman–Crippen LogP) is 3.12. The Labute approximate surface area is 153 Å². The summed E-state index contributed by atoms with van der Waals surface area (Å²) in [4.78, 5) is 23.7. The van der Waals surface area contributed by atoms with Gasteiger partial charge in [0, 0.05) is 38.6 Å². The number of benzene rings is 1. The standard InChI is InChI=1S/C18H17F3N4O2/c1-2-15(26)24-9-11-25(12-10-24)16-17(23-8-7-22-16)27-14-5-3-13(4-6-14)18(19,20)21/h2-8H,1,9-12H2. The molecule has 1 fully saturated rings. The number of ether oxygens (including phenoxy) is 1. The molecule has 0 unspecified atom stereocenters. The van der Waals surface area contributed by atoms with E-state index in [-0.39, 0.29) is 17.5 Å².